The fourth-order valence-corrected chi connectivity index (χ4v) is 2.74. The SMILES string of the molecule is O=C(Nc1cc(-n2cncn2)ncn1)c1cc(-c2cccs2)[nH]n1. The number of aromatic amines is 1. The first kappa shape index (κ1) is 14.2. The lowest BCUT2D eigenvalue weighted by Crippen LogP contribution is -2.14. The van der Waals surface area contributed by atoms with E-state index in [4.69, 9.17) is 0 Å². The molecule has 0 bridgehead atoms. The summed E-state index contributed by atoms with van der Waals surface area (Å²) >= 11 is 1.57. The molecule has 0 aromatic carbocycles. The van der Waals surface area contributed by atoms with Crippen LogP contribution in [0.3, 0.4) is 0 Å². The molecule has 4 heterocycles. The van der Waals surface area contributed by atoms with Crippen LogP contribution in [0.2, 0.25) is 0 Å². The van der Waals surface area contributed by atoms with Crippen LogP contribution in [0.4, 0.5) is 5.82 Å². The molecule has 24 heavy (non-hydrogen) atoms. The standard InChI is InChI=1S/C14H10N8OS/c23-14(10-4-9(20-21-10)11-2-1-3-24-11)19-12-5-13(17-7-16-12)22-8-15-6-18-22/h1-8H,(H,20,21)(H,16,17,19,23). The van der Waals surface area contributed by atoms with Gasteiger partial charge in [0, 0.05) is 6.07 Å². The second kappa shape index (κ2) is 6.01. The van der Waals surface area contributed by atoms with E-state index in [1.807, 2.05) is 17.5 Å². The highest BCUT2D eigenvalue weighted by Gasteiger charge is 2.13. The van der Waals surface area contributed by atoms with Crippen molar-refractivity contribution in [2.45, 2.75) is 0 Å². The summed E-state index contributed by atoms with van der Waals surface area (Å²) in [4.78, 5) is 25.3. The van der Waals surface area contributed by atoms with Crippen LogP contribution in [0.5, 0.6) is 0 Å². The number of carbonyl (C=O) groups is 1. The molecule has 9 nitrogen and oxygen atoms in total. The minimum absolute atomic E-state index is 0.277. The maximum Gasteiger partial charge on any atom is 0.277 e. The minimum atomic E-state index is -0.364. The zero-order valence-corrected chi connectivity index (χ0v) is 12.9. The average Bonchev–Trinajstić information content (AvgIpc) is 3.36. The molecule has 1 amide bonds. The Morgan fingerprint density at radius 3 is 3.00 bits per heavy atom. The van der Waals surface area contributed by atoms with E-state index in [9.17, 15) is 4.79 Å². The number of nitrogens with one attached hydrogen (secondary N) is 2. The van der Waals surface area contributed by atoms with Crippen molar-refractivity contribution in [3.63, 3.8) is 0 Å². The molecule has 0 aliphatic heterocycles. The zero-order chi connectivity index (χ0) is 16.4. The fourth-order valence-electron chi connectivity index (χ4n) is 2.04. The molecule has 0 aliphatic rings. The van der Waals surface area contributed by atoms with E-state index in [0.717, 1.165) is 10.6 Å². The largest absolute Gasteiger partial charge is 0.305 e. The second-order valence-electron chi connectivity index (χ2n) is 4.70. The van der Waals surface area contributed by atoms with Crippen LogP contribution in [0.25, 0.3) is 16.4 Å². The highest BCUT2D eigenvalue weighted by atomic mass is 32.1. The Hall–Kier alpha value is -3.40. The lowest BCUT2D eigenvalue weighted by molar-refractivity contribution is 0.102. The van der Waals surface area contributed by atoms with Gasteiger partial charge >= 0.3 is 0 Å². The monoisotopic (exact) mass is 338 g/mol. The molecule has 4 aromatic heterocycles. The van der Waals surface area contributed by atoms with Crippen molar-refractivity contribution in [3.05, 3.63) is 54.3 Å². The van der Waals surface area contributed by atoms with Gasteiger partial charge in [0.1, 0.15) is 24.8 Å². The summed E-state index contributed by atoms with van der Waals surface area (Å²) in [5, 5.41) is 15.5. The number of anilines is 1. The first-order chi connectivity index (χ1) is 11.8. The van der Waals surface area contributed by atoms with E-state index in [1.54, 1.807) is 23.5 Å². The summed E-state index contributed by atoms with van der Waals surface area (Å²) < 4.78 is 1.47. The quantitative estimate of drug-likeness (QED) is 0.586. The predicted molar refractivity (Wildman–Crippen MR) is 86.8 cm³/mol. The van der Waals surface area contributed by atoms with Crippen molar-refractivity contribution < 1.29 is 4.79 Å². The number of rotatable bonds is 4. The Labute approximate surface area is 139 Å². The Morgan fingerprint density at radius 1 is 1.25 bits per heavy atom. The molecule has 0 fully saturated rings. The highest BCUT2D eigenvalue weighted by molar-refractivity contribution is 7.13. The third kappa shape index (κ3) is 2.77. The van der Waals surface area contributed by atoms with Gasteiger partial charge in [-0.15, -0.1) is 11.3 Å². The van der Waals surface area contributed by atoms with Crippen LogP contribution < -0.4 is 5.32 Å². The number of aromatic nitrogens is 7. The lowest BCUT2D eigenvalue weighted by atomic mass is 10.3. The van der Waals surface area contributed by atoms with Gasteiger partial charge < -0.3 is 5.32 Å². The Kier molecular flexibility index (Phi) is 3.56. The molecule has 4 aromatic rings. The van der Waals surface area contributed by atoms with Gasteiger partial charge in [0.15, 0.2) is 11.5 Å². The van der Waals surface area contributed by atoms with E-state index in [2.05, 4.69) is 35.6 Å². The first-order valence-electron chi connectivity index (χ1n) is 6.87. The number of thiophene rings is 1. The molecule has 0 atom stereocenters. The molecular formula is C14H10N8OS. The van der Waals surface area contributed by atoms with Crippen molar-refractivity contribution in [1.82, 2.24) is 34.9 Å². The first-order valence-corrected chi connectivity index (χ1v) is 7.75. The fraction of sp³-hybridized carbons (Fsp3) is 0. The molecule has 0 saturated carbocycles. The molecule has 0 radical (unpaired) electrons. The number of hydrogen-bond acceptors (Lipinski definition) is 7. The normalized spacial score (nSPS) is 10.7. The summed E-state index contributed by atoms with van der Waals surface area (Å²) in [7, 11) is 0. The van der Waals surface area contributed by atoms with Crippen molar-refractivity contribution >= 4 is 23.1 Å². The van der Waals surface area contributed by atoms with Crippen molar-refractivity contribution in [2.75, 3.05) is 5.32 Å². The summed E-state index contributed by atoms with van der Waals surface area (Å²) in [5.41, 5.74) is 1.07. The molecule has 0 unspecified atom stereocenters. The van der Waals surface area contributed by atoms with Crippen LogP contribution in [0, 0.1) is 0 Å². The van der Waals surface area contributed by atoms with Gasteiger partial charge in [0.2, 0.25) is 0 Å². The molecular weight excluding hydrogens is 328 g/mol. The number of H-pyrrole nitrogens is 1. The van der Waals surface area contributed by atoms with Gasteiger partial charge in [-0.25, -0.2) is 19.6 Å². The van der Waals surface area contributed by atoms with Crippen LogP contribution in [0.1, 0.15) is 10.5 Å². The molecule has 0 saturated heterocycles. The molecule has 2 N–H and O–H groups in total. The highest BCUT2D eigenvalue weighted by Crippen LogP contribution is 2.23. The number of nitrogens with zero attached hydrogens (tertiary/aromatic N) is 6. The Bertz CT molecular complexity index is 961. The zero-order valence-electron chi connectivity index (χ0n) is 12.1. The maximum absolute atomic E-state index is 12.3. The van der Waals surface area contributed by atoms with Crippen LogP contribution >= 0.6 is 11.3 Å². The van der Waals surface area contributed by atoms with Gasteiger partial charge in [-0.2, -0.15) is 10.2 Å². The van der Waals surface area contributed by atoms with Crippen molar-refractivity contribution in [1.29, 1.82) is 0 Å². The van der Waals surface area contributed by atoms with E-state index in [0.29, 0.717) is 11.6 Å². The number of hydrogen-bond donors (Lipinski definition) is 2. The molecule has 4 rings (SSSR count). The third-order valence-corrected chi connectivity index (χ3v) is 4.05. The van der Waals surface area contributed by atoms with E-state index in [1.165, 1.54) is 23.7 Å². The van der Waals surface area contributed by atoms with Crippen molar-refractivity contribution in [2.24, 2.45) is 0 Å². The predicted octanol–water partition coefficient (Wildman–Crippen LogP) is 1.76. The number of amides is 1. The van der Waals surface area contributed by atoms with Crippen LogP contribution in [-0.4, -0.2) is 40.8 Å². The average molecular weight is 338 g/mol. The second-order valence-corrected chi connectivity index (χ2v) is 5.65. The minimum Gasteiger partial charge on any atom is -0.305 e. The van der Waals surface area contributed by atoms with Gasteiger partial charge in [0.25, 0.3) is 5.91 Å². The maximum atomic E-state index is 12.3. The number of carbonyl (C=O) groups excluding carboxylic acids is 1. The molecule has 118 valence electrons. The summed E-state index contributed by atoms with van der Waals surface area (Å²) in [5.74, 6) is 0.484. The Morgan fingerprint density at radius 2 is 2.21 bits per heavy atom. The van der Waals surface area contributed by atoms with E-state index < -0.39 is 0 Å². The summed E-state index contributed by atoms with van der Waals surface area (Å²) in [6, 6.07) is 7.18. The van der Waals surface area contributed by atoms with Crippen LogP contribution in [0.15, 0.2) is 48.6 Å². The third-order valence-electron chi connectivity index (χ3n) is 3.14. The van der Waals surface area contributed by atoms with Gasteiger partial charge in [0.05, 0.1) is 10.6 Å². The van der Waals surface area contributed by atoms with E-state index >= 15 is 0 Å². The Balaban J connectivity index is 1.53. The summed E-state index contributed by atoms with van der Waals surface area (Å²) in [6.07, 6.45) is 4.25. The van der Waals surface area contributed by atoms with Gasteiger partial charge in [-0.3, -0.25) is 9.89 Å². The van der Waals surface area contributed by atoms with Gasteiger partial charge in [-0.05, 0) is 17.5 Å². The summed E-state index contributed by atoms with van der Waals surface area (Å²) in [6.45, 7) is 0. The smallest absolute Gasteiger partial charge is 0.277 e. The molecule has 10 heteroatoms. The van der Waals surface area contributed by atoms with E-state index in [-0.39, 0.29) is 11.6 Å². The van der Waals surface area contributed by atoms with Crippen molar-refractivity contribution in [3.8, 4) is 16.4 Å². The van der Waals surface area contributed by atoms with Crippen LogP contribution in [-0.2, 0) is 0 Å². The topological polar surface area (TPSA) is 114 Å². The molecule has 0 aliphatic carbocycles. The molecule has 0 spiro atoms. The lowest BCUT2D eigenvalue weighted by Gasteiger charge is -2.04. The van der Waals surface area contributed by atoms with Gasteiger partial charge in [-0.1, -0.05) is 6.07 Å².